The first-order chi connectivity index (χ1) is 12.0. The van der Waals surface area contributed by atoms with Crippen LogP contribution in [0.25, 0.3) is 0 Å². The van der Waals surface area contributed by atoms with Crippen molar-refractivity contribution in [2.45, 2.75) is 39.2 Å². The predicted molar refractivity (Wildman–Crippen MR) is 92.8 cm³/mol. The van der Waals surface area contributed by atoms with E-state index in [4.69, 9.17) is 14.6 Å². The van der Waals surface area contributed by atoms with E-state index in [2.05, 4.69) is 0 Å². The number of aliphatic hydroxyl groups excluding tert-OH is 1. The normalized spacial score (nSPS) is 16.3. The van der Waals surface area contributed by atoms with Crippen molar-refractivity contribution in [1.82, 2.24) is 4.90 Å². The van der Waals surface area contributed by atoms with Gasteiger partial charge in [-0.2, -0.15) is 0 Å². The number of hydrogen-bond donors (Lipinski definition) is 1. The lowest BCUT2D eigenvalue weighted by Gasteiger charge is -2.41. The zero-order valence-electron chi connectivity index (χ0n) is 14.8. The maximum absolute atomic E-state index is 12.2. The van der Waals surface area contributed by atoms with Crippen molar-refractivity contribution in [3.63, 3.8) is 0 Å². The number of carbonyl (C=O) groups excluding carboxylic acids is 2. The fourth-order valence-electron chi connectivity index (χ4n) is 3.15. The average molecular weight is 349 g/mol. The van der Waals surface area contributed by atoms with Crippen LogP contribution < -0.4 is 0 Å². The molecule has 1 aromatic rings. The van der Waals surface area contributed by atoms with Crippen LogP contribution in [-0.4, -0.2) is 48.4 Å². The van der Waals surface area contributed by atoms with Crippen LogP contribution in [0.1, 0.15) is 38.2 Å². The second kappa shape index (κ2) is 9.42. The highest BCUT2D eigenvalue weighted by Gasteiger charge is 2.37. The maximum atomic E-state index is 12.2. The summed E-state index contributed by atoms with van der Waals surface area (Å²) in [5, 5.41) is 9.11. The van der Waals surface area contributed by atoms with E-state index in [1.807, 2.05) is 30.3 Å². The Morgan fingerprint density at radius 3 is 2.44 bits per heavy atom. The third-order valence-corrected chi connectivity index (χ3v) is 4.73. The van der Waals surface area contributed by atoms with E-state index < -0.39 is 0 Å². The number of esters is 1. The molecule has 6 heteroatoms. The molecule has 1 saturated heterocycles. The lowest BCUT2D eigenvalue weighted by atomic mass is 9.75. The molecule has 1 aliphatic rings. The molecule has 0 unspecified atom stereocenters. The van der Waals surface area contributed by atoms with Gasteiger partial charge in [-0.3, -0.25) is 4.79 Å². The Labute approximate surface area is 148 Å². The van der Waals surface area contributed by atoms with Gasteiger partial charge in [-0.05, 0) is 31.2 Å². The van der Waals surface area contributed by atoms with Crippen LogP contribution in [0.15, 0.2) is 30.3 Å². The fraction of sp³-hybridized carbons (Fsp3) is 0.579. The molecule has 0 bridgehead atoms. The molecule has 1 amide bonds. The lowest BCUT2D eigenvalue weighted by molar-refractivity contribution is -0.146. The van der Waals surface area contributed by atoms with Crippen molar-refractivity contribution >= 4 is 12.1 Å². The van der Waals surface area contributed by atoms with E-state index in [9.17, 15) is 9.59 Å². The van der Waals surface area contributed by atoms with E-state index in [0.29, 0.717) is 26.1 Å². The van der Waals surface area contributed by atoms with Crippen molar-refractivity contribution in [2.75, 3.05) is 26.3 Å². The molecule has 0 spiro atoms. The molecule has 0 radical (unpaired) electrons. The SMILES string of the molecule is CC(=O)OCC1(CCCO)CCN(C(=O)OCc2ccccc2)CC1. The Morgan fingerprint density at radius 2 is 1.84 bits per heavy atom. The topological polar surface area (TPSA) is 76.1 Å². The molecule has 1 N–H and O–H groups in total. The largest absolute Gasteiger partial charge is 0.465 e. The average Bonchev–Trinajstić information content (AvgIpc) is 2.64. The first kappa shape index (κ1) is 19.2. The highest BCUT2D eigenvalue weighted by atomic mass is 16.6. The van der Waals surface area contributed by atoms with E-state index in [1.54, 1.807) is 4.90 Å². The van der Waals surface area contributed by atoms with Crippen LogP contribution in [0, 0.1) is 5.41 Å². The van der Waals surface area contributed by atoms with Gasteiger partial charge >= 0.3 is 12.1 Å². The van der Waals surface area contributed by atoms with Crippen molar-refractivity contribution in [3.8, 4) is 0 Å². The van der Waals surface area contributed by atoms with Gasteiger partial charge in [0.05, 0.1) is 6.61 Å². The molecule has 0 saturated carbocycles. The van der Waals surface area contributed by atoms with E-state index >= 15 is 0 Å². The Morgan fingerprint density at radius 1 is 1.16 bits per heavy atom. The van der Waals surface area contributed by atoms with Gasteiger partial charge in [-0.15, -0.1) is 0 Å². The molecular formula is C19H27NO5. The van der Waals surface area contributed by atoms with Gasteiger partial charge in [0.1, 0.15) is 6.61 Å². The van der Waals surface area contributed by atoms with Gasteiger partial charge in [-0.1, -0.05) is 30.3 Å². The fourth-order valence-corrected chi connectivity index (χ4v) is 3.15. The summed E-state index contributed by atoms with van der Waals surface area (Å²) < 4.78 is 10.6. The zero-order valence-corrected chi connectivity index (χ0v) is 14.8. The van der Waals surface area contributed by atoms with Gasteiger partial charge in [-0.25, -0.2) is 4.79 Å². The van der Waals surface area contributed by atoms with Crippen LogP contribution in [0.4, 0.5) is 4.79 Å². The van der Waals surface area contributed by atoms with Crippen LogP contribution in [-0.2, 0) is 20.9 Å². The summed E-state index contributed by atoms with van der Waals surface area (Å²) in [6, 6.07) is 9.58. The highest BCUT2D eigenvalue weighted by Crippen LogP contribution is 2.36. The minimum absolute atomic E-state index is 0.116. The number of likely N-dealkylation sites (tertiary alicyclic amines) is 1. The standard InChI is InChI=1S/C19H27NO5/c1-16(22)25-15-19(8-5-13-21)9-11-20(12-10-19)18(23)24-14-17-6-3-2-4-7-17/h2-4,6-7,21H,5,8-15H2,1H3. The third kappa shape index (κ3) is 6.05. The number of benzene rings is 1. The maximum Gasteiger partial charge on any atom is 0.410 e. The molecule has 2 rings (SSSR count). The van der Waals surface area contributed by atoms with Crippen LogP contribution in [0.3, 0.4) is 0 Å². The summed E-state index contributed by atoms with van der Waals surface area (Å²) in [5.41, 5.74) is 0.796. The quantitative estimate of drug-likeness (QED) is 0.766. The van der Waals surface area contributed by atoms with E-state index in [1.165, 1.54) is 6.92 Å². The summed E-state index contributed by atoms with van der Waals surface area (Å²) in [4.78, 5) is 25.1. The van der Waals surface area contributed by atoms with Crippen LogP contribution >= 0.6 is 0 Å². The summed E-state index contributed by atoms with van der Waals surface area (Å²) >= 11 is 0. The van der Waals surface area contributed by atoms with Crippen molar-refractivity contribution in [1.29, 1.82) is 0 Å². The second-order valence-corrected chi connectivity index (χ2v) is 6.63. The summed E-state index contributed by atoms with van der Waals surface area (Å²) in [6.07, 6.45) is 2.61. The molecule has 1 fully saturated rings. The smallest absolute Gasteiger partial charge is 0.410 e. The van der Waals surface area contributed by atoms with Gasteiger partial charge < -0.3 is 19.5 Å². The number of aliphatic hydroxyl groups is 1. The third-order valence-electron chi connectivity index (χ3n) is 4.73. The zero-order chi connectivity index (χ0) is 18.1. The lowest BCUT2D eigenvalue weighted by Crippen LogP contribution is -2.45. The number of carbonyl (C=O) groups is 2. The number of ether oxygens (including phenoxy) is 2. The molecule has 0 aromatic heterocycles. The number of amides is 1. The van der Waals surface area contributed by atoms with Crippen LogP contribution in [0.5, 0.6) is 0 Å². The first-order valence-electron chi connectivity index (χ1n) is 8.74. The molecular weight excluding hydrogens is 322 g/mol. The molecule has 1 heterocycles. The monoisotopic (exact) mass is 349 g/mol. The minimum Gasteiger partial charge on any atom is -0.465 e. The second-order valence-electron chi connectivity index (χ2n) is 6.63. The molecule has 0 aliphatic carbocycles. The van der Waals surface area contributed by atoms with Gasteiger partial charge in [0.2, 0.25) is 0 Å². The highest BCUT2D eigenvalue weighted by molar-refractivity contribution is 5.68. The first-order valence-corrected chi connectivity index (χ1v) is 8.74. The summed E-state index contributed by atoms with van der Waals surface area (Å²) in [6.45, 7) is 3.26. The molecule has 1 aromatic carbocycles. The van der Waals surface area contributed by atoms with Gasteiger partial charge in [0.25, 0.3) is 0 Å². The molecule has 25 heavy (non-hydrogen) atoms. The van der Waals surface area contributed by atoms with Crippen molar-refractivity contribution in [2.24, 2.45) is 5.41 Å². The minimum atomic E-state index is -0.313. The van der Waals surface area contributed by atoms with Crippen molar-refractivity contribution in [3.05, 3.63) is 35.9 Å². The Bertz CT molecular complexity index is 552. The Kier molecular flexibility index (Phi) is 7.25. The Hall–Kier alpha value is -2.08. The van der Waals surface area contributed by atoms with E-state index in [0.717, 1.165) is 24.8 Å². The number of piperidine rings is 1. The number of rotatable bonds is 7. The van der Waals surface area contributed by atoms with Gasteiger partial charge in [0, 0.05) is 32.0 Å². The predicted octanol–water partition coefficient (Wildman–Crippen LogP) is 2.74. The van der Waals surface area contributed by atoms with E-state index in [-0.39, 0.29) is 30.7 Å². The van der Waals surface area contributed by atoms with Crippen molar-refractivity contribution < 1.29 is 24.2 Å². The molecule has 0 atom stereocenters. The molecule has 138 valence electrons. The molecule has 6 nitrogen and oxygen atoms in total. The number of nitrogens with zero attached hydrogens (tertiary/aromatic N) is 1. The Balaban J connectivity index is 1.84. The summed E-state index contributed by atoms with van der Waals surface area (Å²) in [5.74, 6) is -0.298. The van der Waals surface area contributed by atoms with Gasteiger partial charge in [0.15, 0.2) is 0 Å². The summed E-state index contributed by atoms with van der Waals surface area (Å²) in [7, 11) is 0. The number of hydrogen-bond acceptors (Lipinski definition) is 5. The van der Waals surface area contributed by atoms with Crippen LogP contribution in [0.2, 0.25) is 0 Å². The molecule has 1 aliphatic heterocycles.